The van der Waals surface area contributed by atoms with Crippen molar-refractivity contribution in [2.24, 2.45) is 0 Å². The molecule has 0 amide bonds. The Hall–Kier alpha value is -2.63. The van der Waals surface area contributed by atoms with Gasteiger partial charge in [-0.1, -0.05) is 0 Å². The van der Waals surface area contributed by atoms with E-state index >= 15 is 0 Å². The van der Waals surface area contributed by atoms with Gasteiger partial charge in [0.2, 0.25) is 0 Å². The molecule has 0 radical (unpaired) electrons. The average molecular weight is 273 g/mol. The van der Waals surface area contributed by atoms with E-state index in [0.29, 0.717) is 5.82 Å². The molecule has 0 unspecified atom stereocenters. The van der Waals surface area contributed by atoms with Crippen LogP contribution in [0.1, 0.15) is 0 Å². The Bertz CT molecular complexity index is 599. The minimum atomic E-state index is -0.905. The summed E-state index contributed by atoms with van der Waals surface area (Å²) in [6, 6.07) is 9.23. The summed E-state index contributed by atoms with van der Waals surface area (Å²) in [6.45, 7) is -0.112. The minimum Gasteiger partial charge on any atom is -0.497 e. The van der Waals surface area contributed by atoms with Gasteiger partial charge >= 0.3 is 5.97 Å². The first kappa shape index (κ1) is 13.8. The number of carboxylic acid groups (broad SMARTS) is 1. The van der Waals surface area contributed by atoms with Gasteiger partial charge in [0.1, 0.15) is 24.4 Å². The number of hydrogen-bond donors (Lipinski definition) is 1. The second-order valence-electron chi connectivity index (χ2n) is 4.24. The van der Waals surface area contributed by atoms with E-state index in [0.717, 1.165) is 17.0 Å². The van der Waals surface area contributed by atoms with Crippen LogP contribution in [0, 0.1) is 0 Å². The summed E-state index contributed by atoms with van der Waals surface area (Å²) in [4.78, 5) is 20.5. The van der Waals surface area contributed by atoms with Gasteiger partial charge < -0.3 is 14.7 Å². The van der Waals surface area contributed by atoms with Crippen LogP contribution in [0.5, 0.6) is 5.75 Å². The number of benzene rings is 1. The lowest BCUT2D eigenvalue weighted by Crippen LogP contribution is -2.25. The van der Waals surface area contributed by atoms with Crippen LogP contribution in [0.15, 0.2) is 36.7 Å². The number of likely N-dealkylation sites (N-methyl/N-ethyl adjacent to an activating group) is 1. The topological polar surface area (TPSA) is 75.5 Å². The van der Waals surface area contributed by atoms with Crippen molar-refractivity contribution in [2.75, 3.05) is 25.6 Å². The van der Waals surface area contributed by atoms with E-state index < -0.39 is 5.97 Å². The van der Waals surface area contributed by atoms with E-state index in [1.165, 1.54) is 6.33 Å². The Kier molecular flexibility index (Phi) is 4.14. The van der Waals surface area contributed by atoms with Crippen molar-refractivity contribution in [1.82, 2.24) is 9.97 Å². The van der Waals surface area contributed by atoms with Crippen LogP contribution in [0.25, 0.3) is 11.3 Å². The van der Waals surface area contributed by atoms with E-state index in [1.54, 1.807) is 25.1 Å². The van der Waals surface area contributed by atoms with Gasteiger partial charge in [-0.15, -0.1) is 0 Å². The highest BCUT2D eigenvalue weighted by Gasteiger charge is 2.09. The van der Waals surface area contributed by atoms with Crippen LogP contribution in [0.2, 0.25) is 0 Å². The molecule has 0 spiro atoms. The molecule has 104 valence electrons. The van der Waals surface area contributed by atoms with Crippen LogP contribution < -0.4 is 9.64 Å². The van der Waals surface area contributed by atoms with Crippen molar-refractivity contribution in [1.29, 1.82) is 0 Å². The number of aromatic nitrogens is 2. The summed E-state index contributed by atoms with van der Waals surface area (Å²) in [7, 11) is 3.28. The molecule has 1 aromatic carbocycles. The monoisotopic (exact) mass is 273 g/mol. The van der Waals surface area contributed by atoms with Gasteiger partial charge in [0, 0.05) is 18.7 Å². The molecule has 0 fully saturated rings. The number of carboxylic acids is 1. The fourth-order valence-corrected chi connectivity index (χ4v) is 1.76. The van der Waals surface area contributed by atoms with E-state index in [1.807, 2.05) is 24.3 Å². The molecule has 1 N–H and O–H groups in total. The summed E-state index contributed by atoms with van der Waals surface area (Å²) in [6.07, 6.45) is 1.42. The van der Waals surface area contributed by atoms with E-state index in [9.17, 15) is 4.79 Å². The zero-order valence-electron chi connectivity index (χ0n) is 11.3. The van der Waals surface area contributed by atoms with E-state index in [4.69, 9.17) is 9.84 Å². The quantitative estimate of drug-likeness (QED) is 0.893. The highest BCUT2D eigenvalue weighted by molar-refractivity contribution is 5.73. The molecule has 20 heavy (non-hydrogen) atoms. The number of aliphatic carboxylic acids is 1. The Morgan fingerprint density at radius 1 is 1.30 bits per heavy atom. The second-order valence-corrected chi connectivity index (χ2v) is 4.24. The molecule has 0 aliphatic heterocycles. The molecule has 0 atom stereocenters. The third-order valence-corrected chi connectivity index (χ3v) is 2.80. The Morgan fingerprint density at radius 2 is 2.00 bits per heavy atom. The van der Waals surface area contributed by atoms with Gasteiger partial charge in [-0.25, -0.2) is 9.97 Å². The molecule has 0 bridgehead atoms. The fourth-order valence-electron chi connectivity index (χ4n) is 1.76. The number of rotatable bonds is 5. The van der Waals surface area contributed by atoms with Crippen LogP contribution in [-0.2, 0) is 4.79 Å². The first-order chi connectivity index (χ1) is 9.60. The number of carbonyl (C=O) groups is 1. The van der Waals surface area contributed by atoms with Crippen molar-refractivity contribution in [3.05, 3.63) is 36.7 Å². The normalized spacial score (nSPS) is 10.1. The average Bonchev–Trinajstić information content (AvgIpc) is 2.47. The van der Waals surface area contributed by atoms with Crippen molar-refractivity contribution < 1.29 is 14.6 Å². The predicted molar refractivity (Wildman–Crippen MR) is 74.9 cm³/mol. The summed E-state index contributed by atoms with van der Waals surface area (Å²) in [5.74, 6) is 0.427. The number of ether oxygens (including phenoxy) is 1. The lowest BCUT2D eigenvalue weighted by Gasteiger charge is -2.15. The molecule has 0 saturated heterocycles. The summed E-state index contributed by atoms with van der Waals surface area (Å²) >= 11 is 0. The third kappa shape index (κ3) is 3.23. The first-order valence-electron chi connectivity index (χ1n) is 5.99. The van der Waals surface area contributed by atoms with Crippen LogP contribution in [0.4, 0.5) is 5.82 Å². The van der Waals surface area contributed by atoms with E-state index in [-0.39, 0.29) is 6.54 Å². The molecule has 2 rings (SSSR count). The van der Waals surface area contributed by atoms with Gasteiger partial charge in [-0.3, -0.25) is 4.79 Å². The third-order valence-electron chi connectivity index (χ3n) is 2.80. The van der Waals surface area contributed by atoms with Gasteiger partial charge in [0.15, 0.2) is 0 Å². The van der Waals surface area contributed by atoms with Gasteiger partial charge in [0.25, 0.3) is 0 Å². The molecular formula is C14H15N3O3. The Labute approximate surface area is 116 Å². The number of methoxy groups -OCH3 is 1. The first-order valence-corrected chi connectivity index (χ1v) is 5.99. The van der Waals surface area contributed by atoms with Crippen molar-refractivity contribution in [2.45, 2.75) is 0 Å². The van der Waals surface area contributed by atoms with E-state index in [2.05, 4.69) is 9.97 Å². The van der Waals surface area contributed by atoms with Gasteiger partial charge in [-0.05, 0) is 24.3 Å². The van der Waals surface area contributed by atoms with Crippen molar-refractivity contribution in [3.63, 3.8) is 0 Å². The molecule has 1 aromatic heterocycles. The second kappa shape index (κ2) is 6.01. The zero-order valence-corrected chi connectivity index (χ0v) is 11.3. The maximum atomic E-state index is 10.7. The van der Waals surface area contributed by atoms with Crippen LogP contribution >= 0.6 is 0 Å². The molecular weight excluding hydrogens is 258 g/mol. The van der Waals surface area contributed by atoms with Gasteiger partial charge in [0.05, 0.1) is 12.8 Å². The maximum Gasteiger partial charge on any atom is 0.323 e. The standard InChI is InChI=1S/C14H15N3O3/c1-17(8-14(18)19)13-7-12(15-9-16-13)10-3-5-11(20-2)6-4-10/h3-7,9H,8H2,1-2H3,(H,18,19). The number of nitrogens with zero attached hydrogens (tertiary/aromatic N) is 3. The van der Waals surface area contributed by atoms with Gasteiger partial charge in [-0.2, -0.15) is 0 Å². The van der Waals surface area contributed by atoms with Crippen molar-refractivity contribution >= 4 is 11.8 Å². The fraction of sp³-hybridized carbons (Fsp3) is 0.214. The lowest BCUT2D eigenvalue weighted by atomic mass is 10.1. The molecule has 0 aliphatic carbocycles. The Morgan fingerprint density at radius 3 is 2.60 bits per heavy atom. The highest BCUT2D eigenvalue weighted by atomic mass is 16.5. The number of hydrogen-bond acceptors (Lipinski definition) is 5. The zero-order chi connectivity index (χ0) is 14.5. The molecule has 2 aromatic rings. The highest BCUT2D eigenvalue weighted by Crippen LogP contribution is 2.22. The predicted octanol–water partition coefficient (Wildman–Crippen LogP) is 1.67. The van der Waals surface area contributed by atoms with Crippen molar-refractivity contribution in [3.8, 4) is 17.0 Å². The minimum absolute atomic E-state index is 0.112. The summed E-state index contributed by atoms with van der Waals surface area (Å²) in [5.41, 5.74) is 1.65. The van der Waals surface area contributed by atoms with Crippen LogP contribution in [0.3, 0.4) is 0 Å². The molecule has 0 aliphatic rings. The summed E-state index contributed by atoms with van der Waals surface area (Å²) in [5, 5.41) is 8.79. The maximum absolute atomic E-state index is 10.7. The SMILES string of the molecule is COc1ccc(-c2cc(N(C)CC(=O)O)ncn2)cc1. The van der Waals surface area contributed by atoms with Crippen LogP contribution in [-0.4, -0.2) is 41.7 Å². The smallest absolute Gasteiger partial charge is 0.323 e. The molecule has 6 nitrogen and oxygen atoms in total. The largest absolute Gasteiger partial charge is 0.497 e. The summed E-state index contributed by atoms with van der Waals surface area (Å²) < 4.78 is 5.10. The Balaban J connectivity index is 2.26. The molecule has 6 heteroatoms. The lowest BCUT2D eigenvalue weighted by molar-refractivity contribution is -0.135. The number of anilines is 1. The molecule has 0 saturated carbocycles. The molecule has 1 heterocycles.